The molecule has 0 atom stereocenters. The Kier molecular flexibility index (Phi) is 7.38. The van der Waals surface area contributed by atoms with Gasteiger partial charge in [0.25, 0.3) is 0 Å². The summed E-state index contributed by atoms with van der Waals surface area (Å²) < 4.78 is 26.2. The molecule has 0 aliphatic heterocycles. The third-order valence-corrected chi connectivity index (χ3v) is 5.52. The van der Waals surface area contributed by atoms with E-state index in [1.54, 1.807) is 48.8 Å². The number of aryl methyl sites for hydroxylation is 1. The molecule has 0 unspecified atom stereocenters. The van der Waals surface area contributed by atoms with E-state index in [9.17, 15) is 0 Å². The summed E-state index contributed by atoms with van der Waals surface area (Å²) in [6, 6.07) is 6.60. The maximum atomic E-state index is 15.6. The second kappa shape index (κ2) is 10.8. The number of hydrogen-bond acceptors (Lipinski definition) is 9. The quantitative estimate of drug-likeness (QED) is 0.339. The Morgan fingerprint density at radius 1 is 1.17 bits per heavy atom. The first-order chi connectivity index (χ1) is 17.5. The molecule has 0 aliphatic rings. The van der Waals surface area contributed by atoms with Crippen molar-refractivity contribution in [2.24, 2.45) is 10.7 Å². The molecule has 0 bridgehead atoms. The molecular formula is C25H27FN8O2. The minimum atomic E-state index is -0.560. The number of imidazole rings is 1. The van der Waals surface area contributed by atoms with E-state index in [0.29, 0.717) is 39.8 Å². The van der Waals surface area contributed by atoms with Crippen LogP contribution >= 0.6 is 0 Å². The molecule has 1 aromatic carbocycles. The first-order valence-electron chi connectivity index (χ1n) is 11.2. The van der Waals surface area contributed by atoms with E-state index in [4.69, 9.17) is 20.2 Å². The van der Waals surface area contributed by atoms with Crippen LogP contribution < -0.4 is 20.1 Å². The van der Waals surface area contributed by atoms with Gasteiger partial charge in [-0.2, -0.15) is 0 Å². The van der Waals surface area contributed by atoms with Gasteiger partial charge in [-0.05, 0) is 18.6 Å². The number of benzene rings is 1. The monoisotopic (exact) mass is 490 g/mol. The topological polar surface area (TPSA) is 127 Å². The molecule has 0 saturated carbocycles. The van der Waals surface area contributed by atoms with Gasteiger partial charge in [0.15, 0.2) is 17.2 Å². The molecule has 4 aromatic rings. The fourth-order valence-corrected chi connectivity index (χ4v) is 3.64. The maximum absolute atomic E-state index is 15.6. The lowest BCUT2D eigenvalue weighted by Crippen LogP contribution is -2.20. The van der Waals surface area contributed by atoms with Crippen molar-refractivity contribution in [2.45, 2.75) is 19.9 Å². The van der Waals surface area contributed by atoms with Gasteiger partial charge in [0.05, 0.1) is 38.3 Å². The zero-order valence-corrected chi connectivity index (χ0v) is 20.5. The highest BCUT2D eigenvalue weighted by Gasteiger charge is 2.22. The van der Waals surface area contributed by atoms with Crippen LogP contribution in [0.5, 0.6) is 11.5 Å². The van der Waals surface area contributed by atoms with Gasteiger partial charge < -0.3 is 25.1 Å². The van der Waals surface area contributed by atoms with Crippen LogP contribution in [0.2, 0.25) is 0 Å². The lowest BCUT2D eigenvalue weighted by atomic mass is 10.2. The fraction of sp³-hybridized carbons (Fsp3) is 0.240. The van der Waals surface area contributed by atoms with E-state index < -0.39 is 5.82 Å². The van der Waals surface area contributed by atoms with Crippen LogP contribution in [0.1, 0.15) is 24.1 Å². The molecule has 10 nitrogen and oxygen atoms in total. The van der Waals surface area contributed by atoms with Gasteiger partial charge in [-0.15, -0.1) is 0 Å². The molecular weight excluding hydrogens is 463 g/mol. The van der Waals surface area contributed by atoms with E-state index in [-0.39, 0.29) is 18.0 Å². The summed E-state index contributed by atoms with van der Waals surface area (Å²) >= 11 is 0. The average molecular weight is 491 g/mol. The minimum absolute atomic E-state index is 0.0440. The normalized spacial score (nSPS) is 11.9. The second-order valence-electron chi connectivity index (χ2n) is 7.73. The number of pyridine rings is 1. The summed E-state index contributed by atoms with van der Waals surface area (Å²) in [6.45, 7) is 2.23. The predicted molar refractivity (Wildman–Crippen MR) is 137 cm³/mol. The minimum Gasteiger partial charge on any atom is -0.497 e. The van der Waals surface area contributed by atoms with Crippen molar-refractivity contribution in [2.75, 3.05) is 26.2 Å². The van der Waals surface area contributed by atoms with Crippen molar-refractivity contribution < 1.29 is 13.9 Å². The van der Waals surface area contributed by atoms with Crippen molar-refractivity contribution in [1.29, 1.82) is 0 Å². The van der Waals surface area contributed by atoms with Gasteiger partial charge in [-0.25, -0.2) is 19.3 Å². The van der Waals surface area contributed by atoms with Crippen molar-refractivity contribution in [3.63, 3.8) is 0 Å². The Hall–Kier alpha value is -4.54. The number of hydrogen-bond donors (Lipinski definition) is 2. The van der Waals surface area contributed by atoms with Crippen molar-refractivity contribution in [3.05, 3.63) is 65.9 Å². The number of halogens is 1. The Labute approximate surface area is 207 Å². The molecule has 36 heavy (non-hydrogen) atoms. The Morgan fingerprint density at radius 3 is 2.67 bits per heavy atom. The number of nitrogens with two attached hydrogens (primary N) is 1. The zero-order chi connectivity index (χ0) is 25.7. The number of H-pyrrole nitrogens is 1. The third-order valence-electron chi connectivity index (χ3n) is 5.52. The molecule has 0 radical (unpaired) electrons. The molecule has 11 heteroatoms. The lowest BCUT2D eigenvalue weighted by Gasteiger charge is -2.25. The first kappa shape index (κ1) is 24.6. The van der Waals surface area contributed by atoms with Gasteiger partial charge in [0.1, 0.15) is 22.9 Å². The van der Waals surface area contributed by atoms with E-state index >= 15 is 4.39 Å². The lowest BCUT2D eigenvalue weighted by molar-refractivity contribution is 0.374. The SMILES string of the molecule is CCc1cnc(CN(c2ccc3ncc(/C(C=NC)=C/N)nc3n2)c2cc(OC)cc(OC)c2F)[nH]1. The van der Waals surface area contributed by atoms with Crippen molar-refractivity contribution in [3.8, 4) is 11.5 Å². The number of aromatic amines is 1. The molecule has 0 spiro atoms. The summed E-state index contributed by atoms with van der Waals surface area (Å²) in [6.07, 6.45) is 7.14. The average Bonchev–Trinajstić information content (AvgIpc) is 3.38. The number of nitrogens with zero attached hydrogens (tertiary/aromatic N) is 6. The molecule has 0 amide bonds. The molecule has 0 aliphatic carbocycles. The Morgan fingerprint density at radius 2 is 2.00 bits per heavy atom. The molecule has 0 saturated heterocycles. The molecule has 4 rings (SSSR count). The van der Waals surface area contributed by atoms with Gasteiger partial charge in [0, 0.05) is 49.1 Å². The number of methoxy groups -OCH3 is 2. The first-order valence-corrected chi connectivity index (χ1v) is 11.2. The Balaban J connectivity index is 1.87. The fourth-order valence-electron chi connectivity index (χ4n) is 3.64. The van der Waals surface area contributed by atoms with Crippen LogP contribution in [-0.2, 0) is 13.0 Å². The summed E-state index contributed by atoms with van der Waals surface area (Å²) in [5.74, 6) is 0.987. The number of fused-ring (bicyclic) bond motifs is 1. The second-order valence-corrected chi connectivity index (χ2v) is 7.73. The highest BCUT2D eigenvalue weighted by molar-refractivity contribution is 6.09. The van der Waals surface area contributed by atoms with Gasteiger partial charge in [-0.3, -0.25) is 9.98 Å². The highest BCUT2D eigenvalue weighted by Crippen LogP contribution is 2.37. The highest BCUT2D eigenvalue weighted by atomic mass is 19.1. The van der Waals surface area contributed by atoms with Gasteiger partial charge in [0.2, 0.25) is 0 Å². The van der Waals surface area contributed by atoms with Crippen LogP contribution in [0.25, 0.3) is 16.7 Å². The number of rotatable bonds is 9. The number of nitrogens with one attached hydrogen (secondary N) is 1. The smallest absolute Gasteiger partial charge is 0.188 e. The number of aromatic nitrogens is 5. The number of allylic oxidation sites excluding steroid dienone is 1. The number of ether oxygens (including phenoxy) is 2. The standard InChI is InChI=1S/C25H27FN8O2/c1-5-16-12-30-22(31-16)14-34(20-8-17(35-3)9-21(36-4)24(20)26)23-7-6-18-25(33-23)32-19(13-29-18)15(10-27)11-28-2/h6-13H,5,14,27H2,1-4H3,(H,30,31)/b15-10+,28-11?. The summed E-state index contributed by atoms with van der Waals surface area (Å²) in [5, 5.41) is 0. The maximum Gasteiger partial charge on any atom is 0.188 e. The van der Waals surface area contributed by atoms with Crippen LogP contribution in [0.4, 0.5) is 15.9 Å². The summed E-state index contributed by atoms with van der Waals surface area (Å²) in [7, 11) is 4.55. The van der Waals surface area contributed by atoms with E-state index in [1.165, 1.54) is 26.5 Å². The van der Waals surface area contributed by atoms with Crippen LogP contribution in [0, 0.1) is 5.82 Å². The predicted octanol–water partition coefficient (Wildman–Crippen LogP) is 3.81. The van der Waals surface area contributed by atoms with Crippen LogP contribution in [0.15, 0.2) is 47.9 Å². The van der Waals surface area contributed by atoms with Crippen LogP contribution in [0.3, 0.4) is 0 Å². The molecule has 3 heterocycles. The molecule has 186 valence electrons. The van der Waals surface area contributed by atoms with E-state index in [0.717, 1.165) is 12.1 Å². The zero-order valence-electron chi connectivity index (χ0n) is 20.5. The van der Waals surface area contributed by atoms with Crippen molar-refractivity contribution >= 4 is 34.5 Å². The number of aliphatic imine (C=N–C) groups is 1. The van der Waals surface area contributed by atoms with Gasteiger partial charge >= 0.3 is 0 Å². The van der Waals surface area contributed by atoms with E-state index in [2.05, 4.69) is 24.9 Å². The van der Waals surface area contributed by atoms with Crippen LogP contribution in [-0.4, -0.2) is 52.4 Å². The molecule has 3 N–H and O–H groups in total. The number of anilines is 2. The van der Waals surface area contributed by atoms with Gasteiger partial charge in [-0.1, -0.05) is 6.92 Å². The van der Waals surface area contributed by atoms with E-state index in [1.807, 2.05) is 6.92 Å². The third kappa shape index (κ3) is 4.95. The summed E-state index contributed by atoms with van der Waals surface area (Å²) in [4.78, 5) is 27.2. The largest absolute Gasteiger partial charge is 0.497 e. The molecule has 0 fully saturated rings. The van der Waals surface area contributed by atoms with Crippen molar-refractivity contribution in [1.82, 2.24) is 24.9 Å². The summed E-state index contributed by atoms with van der Waals surface area (Å²) in [5.41, 5.74) is 8.96. The molecule has 3 aromatic heterocycles. The Bertz CT molecular complexity index is 1430.